The van der Waals surface area contributed by atoms with Crippen LogP contribution in [-0.4, -0.2) is 18.0 Å². The first-order chi connectivity index (χ1) is 8.10. The Kier molecular flexibility index (Phi) is 4.35. The summed E-state index contributed by atoms with van der Waals surface area (Å²) in [6.45, 7) is 6.89. The number of halogens is 2. The predicted octanol–water partition coefficient (Wildman–Crippen LogP) is 4.79. The van der Waals surface area contributed by atoms with Gasteiger partial charge in [-0.25, -0.2) is 0 Å². The molecule has 2 atom stereocenters. The summed E-state index contributed by atoms with van der Waals surface area (Å²) in [6, 6.07) is 6.25. The van der Waals surface area contributed by atoms with E-state index in [2.05, 4.69) is 18.7 Å². The summed E-state index contributed by atoms with van der Waals surface area (Å²) in [4.78, 5) is 2.52. The van der Waals surface area contributed by atoms with Crippen LogP contribution in [-0.2, 0) is 0 Å². The van der Waals surface area contributed by atoms with Crippen molar-refractivity contribution in [2.24, 2.45) is 5.92 Å². The Morgan fingerprint density at radius 3 is 2.47 bits per heavy atom. The first-order valence-corrected chi connectivity index (χ1v) is 7.05. The van der Waals surface area contributed by atoms with Crippen LogP contribution in [0.4, 0.5) is 0 Å². The van der Waals surface area contributed by atoms with E-state index in [0.29, 0.717) is 6.04 Å². The molecular weight excluding hydrogens is 253 g/mol. The van der Waals surface area contributed by atoms with Crippen LogP contribution in [0.15, 0.2) is 18.2 Å². The predicted molar refractivity (Wildman–Crippen MR) is 74.8 cm³/mol. The van der Waals surface area contributed by atoms with Crippen LogP contribution in [0.1, 0.15) is 38.3 Å². The van der Waals surface area contributed by atoms with E-state index in [1.165, 1.54) is 31.5 Å². The van der Waals surface area contributed by atoms with Crippen molar-refractivity contribution in [2.45, 2.75) is 32.7 Å². The smallest absolute Gasteiger partial charge is 0.0424 e. The summed E-state index contributed by atoms with van der Waals surface area (Å²) >= 11 is 12.1. The molecule has 0 radical (unpaired) electrons. The van der Waals surface area contributed by atoms with E-state index in [0.717, 1.165) is 16.0 Å². The summed E-state index contributed by atoms with van der Waals surface area (Å²) in [7, 11) is 0. The van der Waals surface area contributed by atoms with Crippen LogP contribution < -0.4 is 0 Å². The van der Waals surface area contributed by atoms with Gasteiger partial charge in [-0.1, -0.05) is 36.5 Å². The van der Waals surface area contributed by atoms with Gasteiger partial charge in [-0.05, 0) is 49.6 Å². The number of benzene rings is 1. The van der Waals surface area contributed by atoms with E-state index < -0.39 is 0 Å². The van der Waals surface area contributed by atoms with Crippen LogP contribution in [0.3, 0.4) is 0 Å². The van der Waals surface area contributed by atoms with Crippen molar-refractivity contribution in [3.8, 4) is 0 Å². The van der Waals surface area contributed by atoms with Gasteiger partial charge < -0.3 is 0 Å². The topological polar surface area (TPSA) is 3.24 Å². The molecule has 2 rings (SSSR count). The molecule has 1 aromatic carbocycles. The zero-order valence-electron chi connectivity index (χ0n) is 10.4. The van der Waals surface area contributed by atoms with Crippen molar-refractivity contribution < 1.29 is 0 Å². The minimum absolute atomic E-state index is 0.405. The van der Waals surface area contributed by atoms with E-state index in [1.807, 2.05) is 12.1 Å². The second kappa shape index (κ2) is 5.60. The fourth-order valence-electron chi connectivity index (χ4n) is 2.57. The molecule has 1 aromatic rings. The van der Waals surface area contributed by atoms with Gasteiger partial charge in [-0.3, -0.25) is 4.90 Å². The van der Waals surface area contributed by atoms with Gasteiger partial charge in [-0.15, -0.1) is 0 Å². The fourth-order valence-corrected chi connectivity index (χ4v) is 3.12. The van der Waals surface area contributed by atoms with E-state index >= 15 is 0 Å². The summed E-state index contributed by atoms with van der Waals surface area (Å²) in [5.41, 5.74) is 1.22. The van der Waals surface area contributed by atoms with Crippen LogP contribution in [0, 0.1) is 5.92 Å². The number of rotatable bonds is 3. The van der Waals surface area contributed by atoms with Crippen molar-refractivity contribution in [3.05, 3.63) is 33.8 Å². The molecule has 3 heteroatoms. The summed E-state index contributed by atoms with van der Waals surface area (Å²) in [5.74, 6) is 0.854. The molecule has 1 fully saturated rings. The Labute approximate surface area is 114 Å². The van der Waals surface area contributed by atoms with Crippen molar-refractivity contribution in [2.75, 3.05) is 13.1 Å². The molecule has 0 amide bonds. The molecule has 17 heavy (non-hydrogen) atoms. The van der Waals surface area contributed by atoms with Crippen LogP contribution in [0.2, 0.25) is 10.0 Å². The molecule has 94 valence electrons. The second-order valence-corrected chi connectivity index (χ2v) is 5.81. The van der Waals surface area contributed by atoms with Gasteiger partial charge in [0.25, 0.3) is 0 Å². The Morgan fingerprint density at radius 2 is 1.94 bits per heavy atom. The van der Waals surface area contributed by atoms with Gasteiger partial charge in [0.05, 0.1) is 0 Å². The highest BCUT2D eigenvalue weighted by Crippen LogP contribution is 2.31. The van der Waals surface area contributed by atoms with E-state index in [-0.39, 0.29) is 0 Å². The summed E-state index contributed by atoms with van der Waals surface area (Å²) < 4.78 is 0. The zero-order chi connectivity index (χ0) is 12.4. The molecule has 0 spiro atoms. The van der Waals surface area contributed by atoms with Crippen molar-refractivity contribution >= 4 is 23.2 Å². The van der Waals surface area contributed by atoms with Crippen LogP contribution in [0.25, 0.3) is 0 Å². The van der Waals surface area contributed by atoms with Gasteiger partial charge in [0, 0.05) is 22.6 Å². The molecule has 0 bridgehead atoms. The molecule has 0 aromatic heterocycles. The third-order valence-corrected chi connectivity index (χ3v) is 4.25. The van der Waals surface area contributed by atoms with Gasteiger partial charge in [-0.2, -0.15) is 0 Å². The Morgan fingerprint density at radius 1 is 1.29 bits per heavy atom. The zero-order valence-corrected chi connectivity index (χ0v) is 11.9. The van der Waals surface area contributed by atoms with Crippen molar-refractivity contribution in [3.63, 3.8) is 0 Å². The second-order valence-electron chi connectivity index (χ2n) is 4.94. The maximum Gasteiger partial charge on any atom is 0.0424 e. The lowest BCUT2D eigenvalue weighted by Gasteiger charge is -2.25. The lowest BCUT2D eigenvalue weighted by Crippen LogP contribution is -2.24. The van der Waals surface area contributed by atoms with E-state index in [4.69, 9.17) is 23.2 Å². The molecule has 1 aliphatic heterocycles. The first kappa shape index (κ1) is 13.2. The Hall–Kier alpha value is -0.240. The molecule has 1 aliphatic rings. The van der Waals surface area contributed by atoms with E-state index in [1.54, 1.807) is 6.07 Å². The lowest BCUT2D eigenvalue weighted by atomic mass is 10.1. The van der Waals surface area contributed by atoms with Gasteiger partial charge in [0.1, 0.15) is 0 Å². The average molecular weight is 272 g/mol. The minimum Gasteiger partial charge on any atom is -0.296 e. The SMILES string of the molecule is CC[C@@H]1CCN([C@@H](C)c2cc(Cl)cc(Cl)c2)C1. The minimum atomic E-state index is 0.405. The summed E-state index contributed by atoms with van der Waals surface area (Å²) in [6.07, 6.45) is 2.59. The lowest BCUT2D eigenvalue weighted by molar-refractivity contribution is 0.252. The monoisotopic (exact) mass is 271 g/mol. The normalized spacial score (nSPS) is 22.9. The molecule has 1 nitrogen and oxygen atoms in total. The average Bonchev–Trinajstić information content (AvgIpc) is 2.75. The standard InChI is InChI=1S/C14H19Cl2N/c1-3-11-4-5-17(9-11)10(2)12-6-13(15)8-14(16)7-12/h6-8,10-11H,3-5,9H2,1-2H3/t10-,11+/m0/s1. The molecule has 1 saturated heterocycles. The molecule has 1 heterocycles. The quantitative estimate of drug-likeness (QED) is 0.765. The molecule has 0 unspecified atom stereocenters. The fraction of sp³-hybridized carbons (Fsp3) is 0.571. The number of hydrogen-bond donors (Lipinski definition) is 0. The third-order valence-electron chi connectivity index (χ3n) is 3.81. The third kappa shape index (κ3) is 3.15. The van der Waals surface area contributed by atoms with E-state index in [9.17, 15) is 0 Å². The number of hydrogen-bond acceptors (Lipinski definition) is 1. The van der Waals surface area contributed by atoms with Gasteiger partial charge in [0.15, 0.2) is 0 Å². The first-order valence-electron chi connectivity index (χ1n) is 6.30. The van der Waals surface area contributed by atoms with Crippen molar-refractivity contribution in [1.29, 1.82) is 0 Å². The van der Waals surface area contributed by atoms with Gasteiger partial charge >= 0.3 is 0 Å². The molecule has 0 N–H and O–H groups in total. The maximum atomic E-state index is 6.05. The van der Waals surface area contributed by atoms with Crippen molar-refractivity contribution in [1.82, 2.24) is 4.90 Å². The Bertz CT molecular complexity index is 372. The van der Waals surface area contributed by atoms with Crippen LogP contribution >= 0.6 is 23.2 Å². The maximum absolute atomic E-state index is 6.05. The molecule has 0 saturated carbocycles. The highest BCUT2D eigenvalue weighted by molar-refractivity contribution is 6.34. The number of nitrogens with zero attached hydrogens (tertiary/aromatic N) is 1. The highest BCUT2D eigenvalue weighted by Gasteiger charge is 2.25. The largest absolute Gasteiger partial charge is 0.296 e. The summed E-state index contributed by atoms with van der Waals surface area (Å²) in [5, 5.41) is 1.45. The number of likely N-dealkylation sites (tertiary alicyclic amines) is 1. The molecular formula is C14H19Cl2N. The Balaban J connectivity index is 2.11. The van der Waals surface area contributed by atoms with Gasteiger partial charge in [0.2, 0.25) is 0 Å². The van der Waals surface area contributed by atoms with Crippen LogP contribution in [0.5, 0.6) is 0 Å². The highest BCUT2D eigenvalue weighted by atomic mass is 35.5. The molecule has 0 aliphatic carbocycles.